The summed E-state index contributed by atoms with van der Waals surface area (Å²) in [7, 11) is 3.11. The van der Waals surface area contributed by atoms with Crippen LogP contribution in [0.2, 0.25) is 0 Å². The molecule has 8 nitrogen and oxygen atoms in total. The lowest BCUT2D eigenvalue weighted by atomic mass is 10.1. The molecule has 2 aromatic carbocycles. The number of rotatable bonds is 7. The summed E-state index contributed by atoms with van der Waals surface area (Å²) >= 11 is 0. The molecule has 3 aromatic rings. The van der Waals surface area contributed by atoms with E-state index in [-0.39, 0.29) is 18.2 Å². The molecule has 0 saturated carbocycles. The fourth-order valence-corrected chi connectivity index (χ4v) is 3.88. The number of methoxy groups -OCH3 is 2. The number of para-hydroxylation sites is 1. The third kappa shape index (κ3) is 5.00. The fourth-order valence-electron chi connectivity index (χ4n) is 3.88. The number of hydrogen-bond donors (Lipinski definition) is 0. The number of likely N-dealkylation sites (tertiary alicyclic amines) is 1. The summed E-state index contributed by atoms with van der Waals surface area (Å²) in [6.07, 6.45) is 4.84. The van der Waals surface area contributed by atoms with Gasteiger partial charge in [0, 0.05) is 24.8 Å². The largest absolute Gasteiger partial charge is 0.493 e. The molecule has 1 fully saturated rings. The predicted molar refractivity (Wildman–Crippen MR) is 123 cm³/mol. The zero-order valence-corrected chi connectivity index (χ0v) is 18.8. The van der Waals surface area contributed by atoms with Crippen LogP contribution < -0.4 is 9.47 Å². The molecule has 8 heteroatoms. The number of amides is 1. The normalized spacial score (nSPS) is 13.5. The molecule has 0 bridgehead atoms. The fraction of sp³-hybridized carbons (Fsp3) is 0.320. The van der Waals surface area contributed by atoms with Crippen molar-refractivity contribution in [2.24, 2.45) is 0 Å². The van der Waals surface area contributed by atoms with Crippen LogP contribution in [0.15, 0.2) is 54.7 Å². The van der Waals surface area contributed by atoms with Gasteiger partial charge >= 0.3 is 5.97 Å². The van der Waals surface area contributed by atoms with E-state index in [0.29, 0.717) is 35.7 Å². The highest BCUT2D eigenvalue weighted by atomic mass is 16.5. The molecule has 172 valence electrons. The highest BCUT2D eigenvalue weighted by Gasteiger charge is 2.24. The molecule has 1 aliphatic rings. The van der Waals surface area contributed by atoms with Crippen LogP contribution in [0.25, 0.3) is 16.8 Å². The molecular weight excluding hydrogens is 422 g/mol. The Bertz CT molecular complexity index is 1120. The molecule has 4 rings (SSSR count). The molecule has 2 heterocycles. The summed E-state index contributed by atoms with van der Waals surface area (Å²) in [5.74, 6) is 0.271. The average molecular weight is 450 g/mol. The number of aromatic nitrogens is 2. The number of piperidine rings is 1. The first-order valence-corrected chi connectivity index (χ1v) is 10.9. The van der Waals surface area contributed by atoms with Gasteiger partial charge in [-0.05, 0) is 49.1 Å². The van der Waals surface area contributed by atoms with Crippen molar-refractivity contribution in [3.63, 3.8) is 0 Å². The Balaban J connectivity index is 1.63. The smallest absolute Gasteiger partial charge is 0.360 e. The van der Waals surface area contributed by atoms with Crippen molar-refractivity contribution >= 4 is 11.9 Å². The van der Waals surface area contributed by atoms with Crippen molar-refractivity contribution in [1.82, 2.24) is 14.7 Å². The van der Waals surface area contributed by atoms with Crippen LogP contribution in [-0.2, 0) is 9.53 Å². The topological polar surface area (TPSA) is 82.9 Å². The van der Waals surface area contributed by atoms with Crippen molar-refractivity contribution < 1.29 is 23.8 Å². The Hall–Kier alpha value is -3.81. The van der Waals surface area contributed by atoms with Gasteiger partial charge in [-0.15, -0.1) is 0 Å². The van der Waals surface area contributed by atoms with Gasteiger partial charge in [0.15, 0.2) is 23.8 Å². The molecule has 0 aliphatic carbocycles. The van der Waals surface area contributed by atoms with Crippen molar-refractivity contribution in [2.45, 2.75) is 19.3 Å². The van der Waals surface area contributed by atoms with Gasteiger partial charge in [-0.3, -0.25) is 4.79 Å². The van der Waals surface area contributed by atoms with Gasteiger partial charge in [0.2, 0.25) is 0 Å². The van der Waals surface area contributed by atoms with Crippen LogP contribution in [0.1, 0.15) is 29.8 Å². The quantitative estimate of drug-likeness (QED) is 0.511. The average Bonchev–Trinajstić information content (AvgIpc) is 3.33. The zero-order valence-electron chi connectivity index (χ0n) is 18.8. The molecule has 1 saturated heterocycles. The summed E-state index contributed by atoms with van der Waals surface area (Å²) in [5.41, 5.74) is 2.19. The first kappa shape index (κ1) is 22.4. The van der Waals surface area contributed by atoms with Crippen LogP contribution in [0.5, 0.6) is 11.5 Å². The lowest BCUT2D eigenvalue weighted by Gasteiger charge is -2.26. The Kier molecular flexibility index (Phi) is 6.92. The van der Waals surface area contributed by atoms with Crippen molar-refractivity contribution in [2.75, 3.05) is 33.9 Å². The molecule has 0 radical (unpaired) electrons. The maximum atomic E-state index is 13.0. The van der Waals surface area contributed by atoms with E-state index < -0.39 is 5.97 Å². The van der Waals surface area contributed by atoms with E-state index in [0.717, 1.165) is 24.9 Å². The molecule has 0 unspecified atom stereocenters. The summed E-state index contributed by atoms with van der Waals surface area (Å²) in [5, 5.41) is 4.49. The Morgan fingerprint density at radius 1 is 0.939 bits per heavy atom. The number of benzene rings is 2. The zero-order chi connectivity index (χ0) is 23.2. The van der Waals surface area contributed by atoms with Gasteiger partial charge < -0.3 is 19.1 Å². The van der Waals surface area contributed by atoms with E-state index in [9.17, 15) is 9.59 Å². The van der Waals surface area contributed by atoms with Crippen LogP contribution in [0.3, 0.4) is 0 Å². The molecule has 1 aromatic heterocycles. The van der Waals surface area contributed by atoms with E-state index in [1.165, 1.54) is 0 Å². The monoisotopic (exact) mass is 449 g/mol. The van der Waals surface area contributed by atoms with Crippen LogP contribution >= 0.6 is 0 Å². The van der Waals surface area contributed by atoms with Crippen LogP contribution in [-0.4, -0.2) is 60.5 Å². The van der Waals surface area contributed by atoms with Gasteiger partial charge in [-0.1, -0.05) is 24.3 Å². The number of carbonyl (C=O) groups excluding carboxylic acids is 2. The second-order valence-corrected chi connectivity index (χ2v) is 7.76. The molecule has 1 amide bonds. The van der Waals surface area contributed by atoms with E-state index in [1.807, 2.05) is 36.4 Å². The maximum absolute atomic E-state index is 13.0. The number of esters is 1. The molecule has 0 atom stereocenters. The molecule has 33 heavy (non-hydrogen) atoms. The Labute approximate surface area is 192 Å². The Morgan fingerprint density at radius 2 is 1.67 bits per heavy atom. The Morgan fingerprint density at radius 3 is 2.36 bits per heavy atom. The van der Waals surface area contributed by atoms with E-state index in [1.54, 1.807) is 42.1 Å². The van der Waals surface area contributed by atoms with E-state index in [4.69, 9.17) is 14.2 Å². The van der Waals surface area contributed by atoms with Crippen molar-refractivity contribution in [3.8, 4) is 28.3 Å². The molecule has 0 N–H and O–H groups in total. The standard InChI is InChI=1S/C25H27N3O5/c1-31-21-12-11-18(15-22(21)32-2)20-16-28(19-9-5-3-6-10-19)26-24(20)25(30)33-17-23(29)27-13-7-4-8-14-27/h3,5-6,9-12,15-16H,4,7-8,13-14,17H2,1-2H3. The van der Waals surface area contributed by atoms with Crippen LogP contribution in [0.4, 0.5) is 0 Å². The van der Waals surface area contributed by atoms with Gasteiger partial charge in [0.25, 0.3) is 5.91 Å². The van der Waals surface area contributed by atoms with Crippen molar-refractivity contribution in [3.05, 3.63) is 60.4 Å². The second-order valence-electron chi connectivity index (χ2n) is 7.76. The summed E-state index contributed by atoms with van der Waals surface area (Å²) in [6.45, 7) is 1.11. The number of nitrogens with zero attached hydrogens (tertiary/aromatic N) is 3. The van der Waals surface area contributed by atoms with E-state index in [2.05, 4.69) is 5.10 Å². The third-order valence-electron chi connectivity index (χ3n) is 5.66. The number of hydrogen-bond acceptors (Lipinski definition) is 6. The molecular formula is C25H27N3O5. The summed E-state index contributed by atoms with van der Waals surface area (Å²) < 4.78 is 17.8. The summed E-state index contributed by atoms with van der Waals surface area (Å²) in [6, 6.07) is 14.8. The molecule has 0 spiro atoms. The highest BCUT2D eigenvalue weighted by Crippen LogP contribution is 2.34. The minimum atomic E-state index is -0.653. The number of ether oxygens (including phenoxy) is 3. The lowest BCUT2D eigenvalue weighted by molar-refractivity contribution is -0.135. The minimum absolute atomic E-state index is 0.123. The first-order chi connectivity index (χ1) is 16.1. The molecule has 1 aliphatic heterocycles. The van der Waals surface area contributed by atoms with Gasteiger partial charge in [0.1, 0.15) is 0 Å². The van der Waals surface area contributed by atoms with Gasteiger partial charge in [0.05, 0.1) is 19.9 Å². The highest BCUT2D eigenvalue weighted by molar-refractivity contribution is 5.96. The van der Waals surface area contributed by atoms with Crippen molar-refractivity contribution in [1.29, 1.82) is 0 Å². The van der Waals surface area contributed by atoms with Crippen LogP contribution in [0, 0.1) is 0 Å². The minimum Gasteiger partial charge on any atom is -0.493 e. The second kappa shape index (κ2) is 10.2. The predicted octanol–water partition coefficient (Wildman–Crippen LogP) is 3.73. The first-order valence-electron chi connectivity index (χ1n) is 10.9. The third-order valence-corrected chi connectivity index (χ3v) is 5.66. The maximum Gasteiger partial charge on any atom is 0.360 e. The number of carbonyl (C=O) groups is 2. The SMILES string of the molecule is COc1ccc(-c2cn(-c3ccccc3)nc2C(=O)OCC(=O)N2CCCCC2)cc1OC. The lowest BCUT2D eigenvalue weighted by Crippen LogP contribution is -2.38. The van der Waals surface area contributed by atoms with E-state index >= 15 is 0 Å². The van der Waals surface area contributed by atoms with Gasteiger partial charge in [-0.25, -0.2) is 9.48 Å². The summed E-state index contributed by atoms with van der Waals surface area (Å²) in [4.78, 5) is 27.2. The van der Waals surface area contributed by atoms with Gasteiger partial charge in [-0.2, -0.15) is 5.10 Å².